The molecule has 0 unspecified atom stereocenters. The second kappa shape index (κ2) is 9.10. The number of carbonyl (C=O) groups is 2. The van der Waals surface area contributed by atoms with Gasteiger partial charge in [-0.3, -0.25) is 0 Å². The number of carbonyl (C=O) groups excluding carboxylic acids is 2. The molecule has 0 amide bonds. The summed E-state index contributed by atoms with van der Waals surface area (Å²) >= 11 is 0. The first kappa shape index (κ1) is 17.1. The summed E-state index contributed by atoms with van der Waals surface area (Å²) in [5, 5.41) is 0. The van der Waals surface area contributed by atoms with E-state index >= 15 is 0 Å². The van der Waals surface area contributed by atoms with Gasteiger partial charge in [-0.2, -0.15) is 0 Å². The molecule has 0 aliphatic rings. The predicted molar refractivity (Wildman–Crippen MR) is 79.2 cm³/mol. The van der Waals surface area contributed by atoms with E-state index in [0.717, 1.165) is 25.7 Å². The van der Waals surface area contributed by atoms with Crippen molar-refractivity contribution in [3.8, 4) is 0 Å². The highest BCUT2D eigenvalue weighted by atomic mass is 16.5. The van der Waals surface area contributed by atoms with E-state index in [1.807, 2.05) is 0 Å². The third-order valence-corrected chi connectivity index (χ3v) is 2.74. The van der Waals surface area contributed by atoms with Gasteiger partial charge in [-0.15, -0.1) is 0 Å². The Morgan fingerprint density at radius 3 is 2.38 bits per heavy atom. The third kappa shape index (κ3) is 6.38. The summed E-state index contributed by atoms with van der Waals surface area (Å²) in [5.74, 6) is -1.05. The average Bonchev–Trinajstić information content (AvgIpc) is 2.46. The van der Waals surface area contributed by atoms with Gasteiger partial charge in [0.05, 0.1) is 12.7 Å². The van der Waals surface area contributed by atoms with Gasteiger partial charge in [0.1, 0.15) is 11.4 Å². The fraction of sp³-hybridized carbons (Fsp3) is 0.562. The molecule has 0 aromatic carbocycles. The Kier molecular flexibility index (Phi) is 7.43. The molecule has 21 heavy (non-hydrogen) atoms. The lowest BCUT2D eigenvalue weighted by atomic mass is 10.2. The van der Waals surface area contributed by atoms with Crippen LogP contribution in [0, 0.1) is 0 Å². The molecule has 0 aliphatic heterocycles. The van der Waals surface area contributed by atoms with E-state index in [1.54, 1.807) is 19.9 Å². The van der Waals surface area contributed by atoms with Crippen LogP contribution in [0.4, 0.5) is 0 Å². The van der Waals surface area contributed by atoms with Gasteiger partial charge in [0.25, 0.3) is 0 Å². The number of pyridine rings is 1. The van der Waals surface area contributed by atoms with Crippen molar-refractivity contribution in [1.29, 1.82) is 0 Å². The van der Waals surface area contributed by atoms with Crippen molar-refractivity contribution in [3.63, 3.8) is 0 Å². The summed E-state index contributed by atoms with van der Waals surface area (Å²) < 4.78 is 10.2. The molecule has 0 spiro atoms. The second-order valence-corrected chi connectivity index (χ2v) is 5.06. The zero-order valence-electron chi connectivity index (χ0n) is 12.9. The summed E-state index contributed by atoms with van der Waals surface area (Å²) in [6, 6.07) is 4.64. The summed E-state index contributed by atoms with van der Waals surface area (Å²) in [6.45, 7) is 6.01. The molecule has 0 N–H and O–H groups in total. The highest BCUT2D eigenvalue weighted by molar-refractivity contribution is 5.91. The third-order valence-electron chi connectivity index (χ3n) is 2.74. The van der Waals surface area contributed by atoms with Gasteiger partial charge in [0.15, 0.2) is 0 Å². The van der Waals surface area contributed by atoms with E-state index in [-0.39, 0.29) is 17.5 Å². The smallest absolute Gasteiger partial charge is 0.357 e. The van der Waals surface area contributed by atoms with Gasteiger partial charge in [-0.25, -0.2) is 14.6 Å². The molecule has 0 saturated heterocycles. The minimum absolute atomic E-state index is 0.115. The van der Waals surface area contributed by atoms with Crippen LogP contribution in [0.15, 0.2) is 18.2 Å². The zero-order valence-corrected chi connectivity index (χ0v) is 12.9. The van der Waals surface area contributed by atoms with E-state index in [0.29, 0.717) is 6.61 Å². The van der Waals surface area contributed by atoms with E-state index in [1.165, 1.54) is 12.1 Å². The fourth-order valence-electron chi connectivity index (χ4n) is 1.70. The van der Waals surface area contributed by atoms with Crippen LogP contribution in [0.5, 0.6) is 0 Å². The highest BCUT2D eigenvalue weighted by Crippen LogP contribution is 2.06. The van der Waals surface area contributed by atoms with Gasteiger partial charge in [-0.1, -0.05) is 32.3 Å². The zero-order chi connectivity index (χ0) is 15.7. The van der Waals surface area contributed by atoms with Crippen LogP contribution in [0.25, 0.3) is 0 Å². The molecule has 0 aliphatic carbocycles. The molecule has 0 radical (unpaired) electrons. The number of aromatic nitrogens is 1. The molecule has 1 aromatic rings. The predicted octanol–water partition coefficient (Wildman–Crippen LogP) is 3.38. The molecule has 5 nitrogen and oxygen atoms in total. The molecule has 1 aromatic heterocycles. The minimum atomic E-state index is -0.539. The Morgan fingerprint density at radius 1 is 1.10 bits per heavy atom. The lowest BCUT2D eigenvalue weighted by Gasteiger charge is -2.08. The van der Waals surface area contributed by atoms with Crippen molar-refractivity contribution < 1.29 is 19.1 Å². The second-order valence-electron chi connectivity index (χ2n) is 5.06. The summed E-state index contributed by atoms with van der Waals surface area (Å²) in [7, 11) is 0. The topological polar surface area (TPSA) is 65.5 Å². The Bertz CT molecular complexity index is 471. The molecule has 0 saturated carbocycles. The highest BCUT2D eigenvalue weighted by Gasteiger charge is 2.15. The van der Waals surface area contributed by atoms with Crippen molar-refractivity contribution in [3.05, 3.63) is 29.6 Å². The molecule has 5 heteroatoms. The van der Waals surface area contributed by atoms with E-state index in [2.05, 4.69) is 11.9 Å². The quantitative estimate of drug-likeness (QED) is 0.543. The monoisotopic (exact) mass is 293 g/mol. The molecule has 116 valence electrons. The standard InChI is InChI=1S/C16H23NO4/c1-4-5-6-7-11-20-15(18)13-9-8-10-14(17-13)16(19)21-12(2)3/h8-10,12H,4-7,11H2,1-3H3. The Morgan fingerprint density at radius 2 is 1.76 bits per heavy atom. The van der Waals surface area contributed by atoms with Crippen LogP contribution in [-0.4, -0.2) is 29.6 Å². The van der Waals surface area contributed by atoms with Crippen LogP contribution in [0.3, 0.4) is 0 Å². The van der Waals surface area contributed by atoms with E-state index in [4.69, 9.17) is 9.47 Å². The Hall–Kier alpha value is -1.91. The number of rotatable bonds is 8. The summed E-state index contributed by atoms with van der Waals surface area (Å²) in [6.07, 6.45) is 3.92. The maximum absolute atomic E-state index is 11.8. The number of hydrogen-bond donors (Lipinski definition) is 0. The van der Waals surface area contributed by atoms with Crippen molar-refractivity contribution in [2.24, 2.45) is 0 Å². The first-order chi connectivity index (χ1) is 10.0. The van der Waals surface area contributed by atoms with Crippen LogP contribution in [0.2, 0.25) is 0 Å². The van der Waals surface area contributed by atoms with E-state index < -0.39 is 11.9 Å². The van der Waals surface area contributed by atoms with Gasteiger partial charge in [0.2, 0.25) is 0 Å². The van der Waals surface area contributed by atoms with Gasteiger partial charge in [-0.05, 0) is 32.4 Å². The number of hydrogen-bond acceptors (Lipinski definition) is 5. The summed E-state index contributed by atoms with van der Waals surface area (Å²) in [4.78, 5) is 27.6. The molecule has 0 bridgehead atoms. The largest absolute Gasteiger partial charge is 0.461 e. The molecule has 1 rings (SSSR count). The number of nitrogens with zero attached hydrogens (tertiary/aromatic N) is 1. The van der Waals surface area contributed by atoms with Crippen LogP contribution in [-0.2, 0) is 9.47 Å². The first-order valence-electron chi connectivity index (χ1n) is 7.39. The Labute approximate surface area is 125 Å². The molecule has 1 heterocycles. The molecular formula is C16H23NO4. The van der Waals surface area contributed by atoms with Crippen molar-refractivity contribution >= 4 is 11.9 Å². The number of esters is 2. The normalized spacial score (nSPS) is 10.5. The van der Waals surface area contributed by atoms with Crippen molar-refractivity contribution in [2.75, 3.05) is 6.61 Å². The molecular weight excluding hydrogens is 270 g/mol. The van der Waals surface area contributed by atoms with Crippen LogP contribution in [0.1, 0.15) is 67.4 Å². The van der Waals surface area contributed by atoms with Gasteiger partial charge >= 0.3 is 11.9 Å². The Balaban J connectivity index is 2.54. The van der Waals surface area contributed by atoms with Crippen molar-refractivity contribution in [2.45, 2.75) is 52.6 Å². The van der Waals surface area contributed by atoms with Gasteiger partial charge < -0.3 is 9.47 Å². The SMILES string of the molecule is CCCCCCOC(=O)c1cccc(C(=O)OC(C)C)n1. The number of ether oxygens (including phenoxy) is 2. The van der Waals surface area contributed by atoms with Crippen LogP contribution >= 0.6 is 0 Å². The van der Waals surface area contributed by atoms with Gasteiger partial charge in [0, 0.05) is 0 Å². The fourth-order valence-corrected chi connectivity index (χ4v) is 1.70. The number of unbranched alkanes of at least 4 members (excludes halogenated alkanes) is 3. The average molecular weight is 293 g/mol. The lowest BCUT2D eigenvalue weighted by Crippen LogP contribution is -2.15. The van der Waals surface area contributed by atoms with E-state index in [9.17, 15) is 9.59 Å². The minimum Gasteiger partial charge on any atom is -0.461 e. The maximum atomic E-state index is 11.8. The van der Waals surface area contributed by atoms with Crippen molar-refractivity contribution in [1.82, 2.24) is 4.98 Å². The lowest BCUT2D eigenvalue weighted by molar-refractivity contribution is 0.0370. The first-order valence-corrected chi connectivity index (χ1v) is 7.39. The summed E-state index contributed by atoms with van der Waals surface area (Å²) in [5.41, 5.74) is 0.243. The molecule has 0 fully saturated rings. The van der Waals surface area contributed by atoms with Crippen LogP contribution < -0.4 is 0 Å². The maximum Gasteiger partial charge on any atom is 0.357 e. The molecule has 0 atom stereocenters.